The molecule has 4 rings (SSSR count). The minimum absolute atomic E-state index is 0.158. The number of carbonyl (C=O) groups excluding carboxylic acids is 2. The van der Waals surface area contributed by atoms with Gasteiger partial charge in [-0.2, -0.15) is 0 Å². The summed E-state index contributed by atoms with van der Waals surface area (Å²) < 4.78 is 13.2. The number of likely N-dealkylation sites (tertiary alicyclic amines) is 1. The molecule has 0 spiro atoms. The Labute approximate surface area is 209 Å². The van der Waals surface area contributed by atoms with Gasteiger partial charge in [0, 0.05) is 41.4 Å². The van der Waals surface area contributed by atoms with Crippen molar-refractivity contribution in [3.05, 3.63) is 87.6 Å². The number of amides is 2. The van der Waals surface area contributed by atoms with E-state index >= 15 is 0 Å². The Morgan fingerprint density at radius 2 is 1.80 bits per heavy atom. The zero-order valence-corrected chi connectivity index (χ0v) is 20.7. The van der Waals surface area contributed by atoms with Crippen LogP contribution in [0.2, 0.25) is 0 Å². The second kappa shape index (κ2) is 10.8. The standard InChI is InChI=1S/C28H28FN3O2S/c1-28(2,18-21-8-11-23(29)12-9-21)31-26(34)24-19-35-27(30-24)22-14-16-32(17-15-22)25(33)13-10-20-6-4-3-5-7-20/h3-9,11-12,19,22H,14-18H2,1-2H3,(H,31,34). The highest BCUT2D eigenvalue weighted by Crippen LogP contribution is 2.30. The summed E-state index contributed by atoms with van der Waals surface area (Å²) in [6.07, 6.45) is 2.17. The summed E-state index contributed by atoms with van der Waals surface area (Å²) in [6.45, 7) is 5.13. The second-order valence-electron chi connectivity index (χ2n) is 9.39. The molecular formula is C28H28FN3O2S. The zero-order chi connectivity index (χ0) is 24.8. The first-order valence-corrected chi connectivity index (χ1v) is 12.6. The lowest BCUT2D eigenvalue weighted by Gasteiger charge is -2.29. The Bertz CT molecular complexity index is 1230. The number of piperidine rings is 1. The second-order valence-corrected chi connectivity index (χ2v) is 10.3. The van der Waals surface area contributed by atoms with Crippen LogP contribution in [0.5, 0.6) is 0 Å². The van der Waals surface area contributed by atoms with E-state index in [-0.39, 0.29) is 23.5 Å². The van der Waals surface area contributed by atoms with Crippen LogP contribution in [0.1, 0.15) is 59.2 Å². The van der Waals surface area contributed by atoms with E-state index in [1.165, 1.54) is 23.5 Å². The molecule has 1 saturated heterocycles. The van der Waals surface area contributed by atoms with Crippen molar-refractivity contribution in [3.63, 3.8) is 0 Å². The van der Waals surface area contributed by atoms with Crippen LogP contribution in [0.25, 0.3) is 0 Å². The fraction of sp³-hybridized carbons (Fsp3) is 0.321. The van der Waals surface area contributed by atoms with Crippen LogP contribution < -0.4 is 5.32 Å². The van der Waals surface area contributed by atoms with Crippen molar-refractivity contribution >= 4 is 23.2 Å². The van der Waals surface area contributed by atoms with Crippen LogP contribution in [0.15, 0.2) is 60.0 Å². The molecule has 0 unspecified atom stereocenters. The normalized spacial score (nSPS) is 14.2. The van der Waals surface area contributed by atoms with Crippen LogP contribution in [0, 0.1) is 17.7 Å². The summed E-state index contributed by atoms with van der Waals surface area (Å²) in [6, 6.07) is 15.8. The minimum Gasteiger partial charge on any atom is -0.345 e. The summed E-state index contributed by atoms with van der Waals surface area (Å²) in [5, 5.41) is 5.76. The van der Waals surface area contributed by atoms with Crippen molar-refractivity contribution in [2.24, 2.45) is 0 Å². The molecule has 1 fully saturated rings. The van der Waals surface area contributed by atoms with E-state index in [0.717, 1.165) is 29.0 Å². The van der Waals surface area contributed by atoms with Gasteiger partial charge in [-0.3, -0.25) is 9.59 Å². The third-order valence-electron chi connectivity index (χ3n) is 5.98. The molecule has 0 bridgehead atoms. The first kappa shape index (κ1) is 24.6. The van der Waals surface area contributed by atoms with Crippen molar-refractivity contribution < 1.29 is 14.0 Å². The predicted octanol–water partition coefficient (Wildman–Crippen LogP) is 4.79. The van der Waals surface area contributed by atoms with E-state index in [1.807, 2.05) is 44.2 Å². The van der Waals surface area contributed by atoms with Gasteiger partial charge in [-0.15, -0.1) is 11.3 Å². The molecule has 2 aromatic carbocycles. The lowest BCUT2D eigenvalue weighted by molar-refractivity contribution is -0.126. The number of hydrogen-bond donors (Lipinski definition) is 1. The van der Waals surface area contributed by atoms with Crippen LogP contribution in [-0.2, 0) is 11.2 Å². The lowest BCUT2D eigenvalue weighted by atomic mass is 9.94. The molecular weight excluding hydrogens is 461 g/mol. The molecule has 0 atom stereocenters. The van der Waals surface area contributed by atoms with Gasteiger partial charge in [0.2, 0.25) is 0 Å². The summed E-state index contributed by atoms with van der Waals surface area (Å²) in [5.41, 5.74) is 1.67. The highest BCUT2D eigenvalue weighted by atomic mass is 32.1. The number of hydrogen-bond acceptors (Lipinski definition) is 4. The van der Waals surface area contributed by atoms with Gasteiger partial charge >= 0.3 is 0 Å². The predicted molar refractivity (Wildman–Crippen MR) is 136 cm³/mol. The van der Waals surface area contributed by atoms with Gasteiger partial charge in [-0.25, -0.2) is 9.37 Å². The first-order chi connectivity index (χ1) is 16.8. The van der Waals surface area contributed by atoms with Gasteiger partial charge < -0.3 is 10.2 Å². The molecule has 5 nitrogen and oxygen atoms in total. The molecule has 180 valence electrons. The van der Waals surface area contributed by atoms with E-state index in [0.29, 0.717) is 25.2 Å². The van der Waals surface area contributed by atoms with Crippen LogP contribution in [0.4, 0.5) is 4.39 Å². The van der Waals surface area contributed by atoms with E-state index in [4.69, 9.17) is 0 Å². The Morgan fingerprint density at radius 3 is 2.49 bits per heavy atom. The van der Waals surface area contributed by atoms with Gasteiger partial charge in [0.05, 0.1) is 5.01 Å². The van der Waals surface area contributed by atoms with E-state index < -0.39 is 5.54 Å². The van der Waals surface area contributed by atoms with E-state index in [9.17, 15) is 14.0 Å². The largest absolute Gasteiger partial charge is 0.345 e. The maximum atomic E-state index is 13.2. The Hall–Kier alpha value is -3.50. The number of nitrogens with one attached hydrogen (secondary N) is 1. The number of carbonyl (C=O) groups is 2. The fourth-order valence-electron chi connectivity index (χ4n) is 4.16. The molecule has 1 aliphatic heterocycles. The summed E-state index contributed by atoms with van der Waals surface area (Å²) in [4.78, 5) is 31.7. The Kier molecular flexibility index (Phi) is 7.62. The SMILES string of the molecule is CC(C)(Cc1ccc(F)cc1)NC(=O)c1csc(C2CCN(C(=O)C#Cc3ccccc3)CC2)n1. The van der Waals surface area contributed by atoms with E-state index in [1.54, 1.807) is 22.4 Å². The molecule has 7 heteroatoms. The first-order valence-electron chi connectivity index (χ1n) is 11.7. The van der Waals surface area contributed by atoms with Crippen molar-refractivity contribution in [2.75, 3.05) is 13.1 Å². The Morgan fingerprint density at radius 1 is 1.11 bits per heavy atom. The third kappa shape index (κ3) is 6.77. The highest BCUT2D eigenvalue weighted by Gasteiger charge is 2.27. The molecule has 2 heterocycles. The van der Waals surface area contributed by atoms with Gasteiger partial charge in [0.25, 0.3) is 11.8 Å². The monoisotopic (exact) mass is 489 g/mol. The fourth-order valence-corrected chi connectivity index (χ4v) is 5.13. The maximum absolute atomic E-state index is 13.2. The summed E-state index contributed by atoms with van der Waals surface area (Å²) >= 11 is 1.49. The number of halogens is 1. The molecule has 0 radical (unpaired) electrons. The van der Waals surface area contributed by atoms with Crippen LogP contribution in [0.3, 0.4) is 0 Å². The van der Waals surface area contributed by atoms with Crippen molar-refractivity contribution in [1.29, 1.82) is 0 Å². The van der Waals surface area contributed by atoms with Gasteiger partial charge in [0.15, 0.2) is 0 Å². The highest BCUT2D eigenvalue weighted by molar-refractivity contribution is 7.09. The number of nitrogens with zero attached hydrogens (tertiary/aromatic N) is 2. The van der Waals surface area contributed by atoms with Crippen LogP contribution >= 0.6 is 11.3 Å². The lowest BCUT2D eigenvalue weighted by Crippen LogP contribution is -2.45. The Balaban J connectivity index is 1.30. The molecule has 2 amide bonds. The maximum Gasteiger partial charge on any atom is 0.298 e. The number of rotatable bonds is 5. The van der Waals surface area contributed by atoms with Crippen molar-refractivity contribution in [2.45, 2.75) is 44.6 Å². The molecule has 3 aromatic rings. The molecule has 1 aliphatic rings. The molecule has 1 aromatic heterocycles. The van der Waals surface area contributed by atoms with Gasteiger partial charge in [-0.1, -0.05) is 36.3 Å². The van der Waals surface area contributed by atoms with Crippen LogP contribution in [-0.4, -0.2) is 40.3 Å². The quantitative estimate of drug-likeness (QED) is 0.524. The van der Waals surface area contributed by atoms with E-state index in [2.05, 4.69) is 22.1 Å². The van der Waals surface area contributed by atoms with Crippen molar-refractivity contribution in [3.8, 4) is 11.8 Å². The average molecular weight is 490 g/mol. The molecule has 1 N–H and O–H groups in total. The molecule has 0 saturated carbocycles. The average Bonchev–Trinajstić information content (AvgIpc) is 3.35. The topological polar surface area (TPSA) is 62.3 Å². The number of benzene rings is 2. The summed E-state index contributed by atoms with van der Waals surface area (Å²) in [7, 11) is 0. The zero-order valence-electron chi connectivity index (χ0n) is 19.9. The van der Waals surface area contributed by atoms with Gasteiger partial charge in [-0.05, 0) is 62.9 Å². The third-order valence-corrected chi connectivity index (χ3v) is 6.99. The number of aromatic nitrogens is 1. The summed E-state index contributed by atoms with van der Waals surface area (Å²) in [5.74, 6) is 5.23. The van der Waals surface area contributed by atoms with Crippen molar-refractivity contribution in [1.82, 2.24) is 15.2 Å². The van der Waals surface area contributed by atoms with Gasteiger partial charge in [0.1, 0.15) is 11.5 Å². The molecule has 35 heavy (non-hydrogen) atoms. The minimum atomic E-state index is -0.509. The number of thiazole rings is 1. The smallest absolute Gasteiger partial charge is 0.298 e. The molecule has 0 aliphatic carbocycles.